The summed E-state index contributed by atoms with van der Waals surface area (Å²) in [5.41, 5.74) is -0.550. The number of nitriles is 1. The Bertz CT molecular complexity index is 401. The van der Waals surface area contributed by atoms with Gasteiger partial charge in [0, 0.05) is 16.5 Å². The van der Waals surface area contributed by atoms with Crippen molar-refractivity contribution in [1.82, 2.24) is 4.98 Å². The molecule has 0 aromatic carbocycles. The Morgan fingerprint density at radius 2 is 2.20 bits per heavy atom. The van der Waals surface area contributed by atoms with E-state index in [9.17, 15) is 13.2 Å². The maximum atomic E-state index is 13.2. The van der Waals surface area contributed by atoms with E-state index in [2.05, 4.69) is 20.9 Å². The van der Waals surface area contributed by atoms with Crippen LogP contribution in [0.2, 0.25) is 0 Å². The second-order valence-corrected chi connectivity index (χ2v) is 3.30. The molecule has 2 nitrogen and oxygen atoms in total. The minimum atomic E-state index is -2.77. The third kappa shape index (κ3) is 2.69. The molecule has 1 rings (SSSR count). The molecule has 80 valence electrons. The molecule has 0 saturated carbocycles. The Kier molecular flexibility index (Phi) is 4.09. The lowest BCUT2D eigenvalue weighted by Crippen LogP contribution is -2.03. The van der Waals surface area contributed by atoms with E-state index in [-0.39, 0.29) is 23.0 Å². The zero-order chi connectivity index (χ0) is 11.4. The Balaban J connectivity index is 3.27. The highest BCUT2D eigenvalue weighted by Crippen LogP contribution is 2.26. The Hall–Kier alpha value is -1.09. The molecule has 0 saturated heterocycles. The van der Waals surface area contributed by atoms with E-state index in [1.54, 1.807) is 6.07 Å². The lowest BCUT2D eigenvalue weighted by Gasteiger charge is -2.08. The van der Waals surface area contributed by atoms with E-state index in [0.717, 1.165) is 6.07 Å². The summed E-state index contributed by atoms with van der Waals surface area (Å²) in [4.78, 5) is 3.42. The fourth-order valence-electron chi connectivity index (χ4n) is 1.11. The smallest absolute Gasteiger partial charge is 0.223 e. The molecule has 1 aromatic heterocycles. The van der Waals surface area contributed by atoms with Gasteiger partial charge in [-0.15, -0.1) is 0 Å². The SMILES string of the molecule is N#CCc1cc(C(F)F)c(CBr)c(F)n1. The third-order valence-electron chi connectivity index (χ3n) is 1.79. The monoisotopic (exact) mass is 278 g/mol. The Labute approximate surface area is 92.9 Å². The summed E-state index contributed by atoms with van der Waals surface area (Å²) < 4.78 is 38.2. The zero-order valence-electron chi connectivity index (χ0n) is 7.48. The quantitative estimate of drug-likeness (QED) is 0.629. The molecule has 0 aliphatic heterocycles. The molecule has 0 aliphatic carbocycles. The number of rotatable bonds is 3. The minimum absolute atomic E-state index is 0.0231. The van der Waals surface area contributed by atoms with E-state index in [1.165, 1.54) is 0 Å². The molecule has 15 heavy (non-hydrogen) atoms. The van der Waals surface area contributed by atoms with Crippen molar-refractivity contribution in [3.8, 4) is 6.07 Å². The molecule has 0 radical (unpaired) electrons. The van der Waals surface area contributed by atoms with Crippen LogP contribution >= 0.6 is 15.9 Å². The summed E-state index contributed by atoms with van der Waals surface area (Å²) in [5.74, 6) is -0.949. The fraction of sp³-hybridized carbons (Fsp3) is 0.333. The lowest BCUT2D eigenvalue weighted by atomic mass is 10.1. The summed E-state index contributed by atoms with van der Waals surface area (Å²) in [5, 5.41) is 8.33. The van der Waals surface area contributed by atoms with Crippen LogP contribution in [0, 0.1) is 17.3 Å². The van der Waals surface area contributed by atoms with Crippen molar-refractivity contribution in [1.29, 1.82) is 5.26 Å². The highest BCUT2D eigenvalue weighted by molar-refractivity contribution is 9.08. The van der Waals surface area contributed by atoms with Gasteiger partial charge in [-0.3, -0.25) is 0 Å². The average molecular weight is 279 g/mol. The lowest BCUT2D eigenvalue weighted by molar-refractivity contribution is 0.149. The van der Waals surface area contributed by atoms with Crippen molar-refractivity contribution in [3.63, 3.8) is 0 Å². The molecular formula is C9H6BrF3N2. The van der Waals surface area contributed by atoms with Crippen LogP contribution in [0.1, 0.15) is 23.2 Å². The van der Waals surface area contributed by atoms with Crippen LogP contribution in [0.3, 0.4) is 0 Å². The van der Waals surface area contributed by atoms with Gasteiger partial charge >= 0.3 is 0 Å². The van der Waals surface area contributed by atoms with Gasteiger partial charge in [-0.1, -0.05) is 15.9 Å². The first kappa shape index (κ1) is 12.0. The van der Waals surface area contributed by atoms with Gasteiger partial charge in [0.2, 0.25) is 5.95 Å². The summed E-state index contributed by atoms with van der Waals surface area (Å²) in [6, 6.07) is 2.79. The maximum Gasteiger partial charge on any atom is 0.264 e. The fourth-order valence-corrected chi connectivity index (χ4v) is 1.67. The molecule has 0 spiro atoms. The van der Waals surface area contributed by atoms with Crippen molar-refractivity contribution in [2.24, 2.45) is 0 Å². The number of alkyl halides is 3. The number of hydrogen-bond acceptors (Lipinski definition) is 2. The first-order valence-electron chi connectivity index (χ1n) is 3.99. The topological polar surface area (TPSA) is 36.7 Å². The van der Waals surface area contributed by atoms with Crippen LogP contribution in [0.25, 0.3) is 0 Å². The molecule has 0 fully saturated rings. The van der Waals surface area contributed by atoms with Gasteiger partial charge in [0.15, 0.2) is 0 Å². The van der Waals surface area contributed by atoms with Gasteiger partial charge in [-0.2, -0.15) is 9.65 Å². The molecule has 0 aliphatic rings. The minimum Gasteiger partial charge on any atom is -0.223 e. The largest absolute Gasteiger partial charge is 0.264 e. The van der Waals surface area contributed by atoms with Crippen molar-refractivity contribution in [2.45, 2.75) is 18.2 Å². The van der Waals surface area contributed by atoms with Gasteiger partial charge in [0.25, 0.3) is 6.43 Å². The number of aromatic nitrogens is 1. The van der Waals surface area contributed by atoms with E-state index in [1.807, 2.05) is 0 Å². The van der Waals surface area contributed by atoms with Crippen LogP contribution in [0.4, 0.5) is 13.2 Å². The van der Waals surface area contributed by atoms with Crippen LogP contribution in [0.5, 0.6) is 0 Å². The molecule has 0 N–H and O–H groups in total. The van der Waals surface area contributed by atoms with E-state index in [4.69, 9.17) is 5.26 Å². The molecule has 0 unspecified atom stereocenters. The van der Waals surface area contributed by atoms with Crippen LogP contribution in [0.15, 0.2) is 6.07 Å². The molecule has 0 amide bonds. The highest BCUT2D eigenvalue weighted by atomic mass is 79.9. The van der Waals surface area contributed by atoms with Gasteiger partial charge in [0.05, 0.1) is 18.2 Å². The van der Waals surface area contributed by atoms with Crippen molar-refractivity contribution in [2.75, 3.05) is 0 Å². The van der Waals surface area contributed by atoms with E-state index in [0.29, 0.717) is 0 Å². The number of halogens is 4. The van der Waals surface area contributed by atoms with Crippen molar-refractivity contribution >= 4 is 15.9 Å². The maximum absolute atomic E-state index is 13.2. The van der Waals surface area contributed by atoms with Crippen molar-refractivity contribution < 1.29 is 13.2 Å². The number of nitrogens with zero attached hydrogens (tertiary/aromatic N) is 2. The molecule has 1 heterocycles. The van der Waals surface area contributed by atoms with Gasteiger partial charge in [0.1, 0.15) is 0 Å². The summed E-state index contributed by atoms with van der Waals surface area (Å²) >= 11 is 2.91. The highest BCUT2D eigenvalue weighted by Gasteiger charge is 2.18. The zero-order valence-corrected chi connectivity index (χ0v) is 9.06. The van der Waals surface area contributed by atoms with Gasteiger partial charge in [-0.05, 0) is 6.07 Å². The summed E-state index contributed by atoms with van der Waals surface area (Å²) in [7, 11) is 0. The second kappa shape index (κ2) is 5.12. The summed E-state index contributed by atoms with van der Waals surface area (Å²) in [6.45, 7) is 0. The third-order valence-corrected chi connectivity index (χ3v) is 2.35. The van der Waals surface area contributed by atoms with Crippen molar-refractivity contribution in [3.05, 3.63) is 28.8 Å². The Morgan fingerprint density at radius 1 is 1.53 bits per heavy atom. The normalized spacial score (nSPS) is 10.4. The summed E-state index contributed by atoms with van der Waals surface area (Å²) in [6.07, 6.45) is -2.95. The number of pyridine rings is 1. The second-order valence-electron chi connectivity index (χ2n) is 2.74. The number of hydrogen-bond donors (Lipinski definition) is 0. The molecule has 6 heteroatoms. The Morgan fingerprint density at radius 3 is 2.67 bits per heavy atom. The standard InChI is InChI=1S/C9H6BrF3N2/c10-4-7-6(8(11)12)3-5(1-2-14)15-9(7)13/h3,8H,1,4H2. The van der Waals surface area contributed by atoms with Crippen LogP contribution in [-0.4, -0.2) is 4.98 Å². The molecule has 0 atom stereocenters. The van der Waals surface area contributed by atoms with E-state index >= 15 is 0 Å². The predicted octanol–water partition coefficient (Wildman–Crippen LogP) is 3.12. The molecule has 0 bridgehead atoms. The molecular weight excluding hydrogens is 273 g/mol. The predicted molar refractivity (Wildman–Crippen MR) is 51.1 cm³/mol. The van der Waals surface area contributed by atoms with Gasteiger partial charge < -0.3 is 0 Å². The van der Waals surface area contributed by atoms with Crippen LogP contribution < -0.4 is 0 Å². The van der Waals surface area contributed by atoms with E-state index < -0.39 is 17.9 Å². The first-order valence-corrected chi connectivity index (χ1v) is 5.11. The first-order chi connectivity index (χ1) is 7.10. The van der Waals surface area contributed by atoms with Crippen LogP contribution in [-0.2, 0) is 11.8 Å². The molecule has 1 aromatic rings. The average Bonchev–Trinajstić information content (AvgIpc) is 2.17. The van der Waals surface area contributed by atoms with Gasteiger partial charge in [-0.25, -0.2) is 13.8 Å².